The number of nitrogens with zero attached hydrogens (tertiary/aromatic N) is 1. The fraction of sp³-hybridized carbons (Fsp3) is 0.0909. The highest BCUT2D eigenvalue weighted by atomic mass is 32.1. The topological polar surface area (TPSA) is 85.4 Å². The second kappa shape index (κ2) is 5.29. The lowest BCUT2D eigenvalue weighted by Crippen LogP contribution is -2.15. The third-order valence-electron chi connectivity index (χ3n) is 2.21. The Kier molecular flexibility index (Phi) is 3.72. The number of aromatic nitrogens is 1. The van der Waals surface area contributed by atoms with E-state index in [9.17, 15) is 18.7 Å². The number of benzene rings is 1. The molecular formula is C11H8F2N2O3S. The third-order valence-corrected chi connectivity index (χ3v) is 3.14. The zero-order valence-electron chi connectivity index (χ0n) is 9.34. The van der Waals surface area contributed by atoms with Gasteiger partial charge in [-0.15, -0.1) is 0 Å². The number of thiazole rings is 1. The fourth-order valence-corrected chi connectivity index (χ4v) is 2.18. The monoisotopic (exact) mass is 286 g/mol. The third kappa shape index (κ3) is 3.04. The van der Waals surface area contributed by atoms with E-state index in [-0.39, 0.29) is 15.6 Å². The van der Waals surface area contributed by atoms with Crippen LogP contribution in [-0.2, 0) is 0 Å². The molecule has 0 radical (unpaired) electrons. The minimum atomic E-state index is -1.40. The van der Waals surface area contributed by atoms with Crippen molar-refractivity contribution in [3.63, 3.8) is 0 Å². The number of carbonyl (C=O) groups excluding carboxylic acids is 1. The van der Waals surface area contributed by atoms with Crippen LogP contribution in [0.5, 0.6) is 5.19 Å². The van der Waals surface area contributed by atoms with Gasteiger partial charge in [0, 0.05) is 11.8 Å². The molecule has 0 saturated carbocycles. The van der Waals surface area contributed by atoms with Crippen molar-refractivity contribution < 1.29 is 23.4 Å². The van der Waals surface area contributed by atoms with E-state index in [0.717, 1.165) is 29.5 Å². The van der Waals surface area contributed by atoms with Crippen molar-refractivity contribution in [3.8, 4) is 5.19 Å². The van der Waals surface area contributed by atoms with E-state index >= 15 is 0 Å². The lowest BCUT2D eigenvalue weighted by atomic mass is 10.1. The molecule has 0 saturated heterocycles. The van der Waals surface area contributed by atoms with Gasteiger partial charge in [0.2, 0.25) is 0 Å². The van der Waals surface area contributed by atoms with Crippen molar-refractivity contribution >= 4 is 17.4 Å². The molecule has 0 bridgehead atoms. The molecule has 0 fully saturated rings. The van der Waals surface area contributed by atoms with Crippen molar-refractivity contribution in [2.45, 2.75) is 6.10 Å². The molecule has 1 amide bonds. The number of hydrogen-bond acceptors (Lipinski definition) is 5. The van der Waals surface area contributed by atoms with Crippen molar-refractivity contribution in [3.05, 3.63) is 46.5 Å². The first kappa shape index (κ1) is 13.4. The van der Waals surface area contributed by atoms with Gasteiger partial charge < -0.3 is 15.6 Å². The molecule has 1 heterocycles. The number of ether oxygens (including phenoxy) is 1. The molecule has 1 unspecified atom stereocenters. The lowest BCUT2D eigenvalue weighted by molar-refractivity contribution is 0.210. The molecule has 2 rings (SSSR count). The maximum atomic E-state index is 13.5. The van der Waals surface area contributed by atoms with E-state index in [1.165, 1.54) is 6.20 Å². The molecular weight excluding hydrogens is 278 g/mol. The Bertz CT molecular complexity index is 618. The second-order valence-corrected chi connectivity index (χ2v) is 4.54. The van der Waals surface area contributed by atoms with Crippen molar-refractivity contribution in [2.24, 2.45) is 5.73 Å². The first-order valence-corrected chi connectivity index (χ1v) is 5.85. The van der Waals surface area contributed by atoms with Crippen molar-refractivity contribution in [1.82, 2.24) is 4.98 Å². The first-order valence-electron chi connectivity index (χ1n) is 5.03. The molecule has 1 aromatic heterocycles. The SMILES string of the molecule is NC(=O)Oc1ncc(C(O)c2cc(F)ccc2F)s1. The highest BCUT2D eigenvalue weighted by molar-refractivity contribution is 7.13. The highest BCUT2D eigenvalue weighted by Gasteiger charge is 2.19. The molecule has 0 aliphatic rings. The Labute approximate surface area is 110 Å². The molecule has 5 nitrogen and oxygen atoms in total. The summed E-state index contributed by atoms with van der Waals surface area (Å²) < 4.78 is 31.0. The number of rotatable bonds is 3. The number of amides is 1. The standard InChI is InChI=1S/C11H8F2N2O3S/c12-5-1-2-7(13)6(3-5)9(16)8-4-15-11(19-8)18-10(14)17/h1-4,9,16H,(H2,14,17). The quantitative estimate of drug-likeness (QED) is 0.903. The van der Waals surface area contributed by atoms with Crippen LogP contribution in [-0.4, -0.2) is 16.2 Å². The van der Waals surface area contributed by atoms with Crippen LogP contribution in [0.1, 0.15) is 16.5 Å². The smallest absolute Gasteiger partial charge is 0.383 e. The maximum Gasteiger partial charge on any atom is 0.411 e. The molecule has 100 valence electrons. The van der Waals surface area contributed by atoms with E-state index in [4.69, 9.17) is 5.73 Å². The molecule has 2 aromatic rings. The zero-order chi connectivity index (χ0) is 14.0. The summed E-state index contributed by atoms with van der Waals surface area (Å²) in [6, 6.07) is 2.74. The van der Waals surface area contributed by atoms with Crippen LogP contribution in [0.4, 0.5) is 13.6 Å². The number of hydrogen-bond donors (Lipinski definition) is 2. The fourth-order valence-electron chi connectivity index (χ4n) is 1.41. The van der Waals surface area contributed by atoms with E-state index in [2.05, 4.69) is 9.72 Å². The first-order chi connectivity index (χ1) is 8.97. The van der Waals surface area contributed by atoms with E-state index in [0.29, 0.717) is 0 Å². The Morgan fingerprint density at radius 3 is 2.89 bits per heavy atom. The molecule has 8 heteroatoms. The van der Waals surface area contributed by atoms with Crippen molar-refractivity contribution in [1.29, 1.82) is 0 Å². The summed E-state index contributed by atoms with van der Waals surface area (Å²) in [7, 11) is 0. The molecule has 3 N–H and O–H groups in total. The zero-order valence-corrected chi connectivity index (χ0v) is 10.2. The van der Waals surface area contributed by atoms with Gasteiger partial charge in [-0.25, -0.2) is 18.6 Å². The highest BCUT2D eigenvalue weighted by Crippen LogP contribution is 2.31. The molecule has 0 spiro atoms. The van der Waals surface area contributed by atoms with Crippen LogP contribution in [0.25, 0.3) is 0 Å². The summed E-state index contributed by atoms with van der Waals surface area (Å²) in [5.74, 6) is -1.42. The van der Waals surface area contributed by atoms with Crippen LogP contribution in [0.15, 0.2) is 24.4 Å². The van der Waals surface area contributed by atoms with Crippen molar-refractivity contribution in [2.75, 3.05) is 0 Å². The number of primary amides is 1. The van der Waals surface area contributed by atoms with E-state index in [1.807, 2.05) is 0 Å². The van der Waals surface area contributed by atoms with Crippen LogP contribution in [0.2, 0.25) is 0 Å². The number of halogens is 2. The minimum absolute atomic E-state index is 0.0849. The largest absolute Gasteiger partial charge is 0.411 e. The van der Waals surface area contributed by atoms with E-state index < -0.39 is 23.8 Å². The molecule has 0 aliphatic carbocycles. The van der Waals surface area contributed by atoms with Gasteiger partial charge in [-0.2, -0.15) is 0 Å². The maximum absolute atomic E-state index is 13.5. The predicted molar refractivity (Wildman–Crippen MR) is 62.7 cm³/mol. The van der Waals surface area contributed by atoms with Crippen LogP contribution < -0.4 is 10.5 Å². The van der Waals surface area contributed by atoms with Crippen LogP contribution in [0.3, 0.4) is 0 Å². The Balaban J connectivity index is 2.28. The molecule has 1 atom stereocenters. The van der Waals surface area contributed by atoms with Gasteiger partial charge in [0.05, 0.1) is 4.88 Å². The van der Waals surface area contributed by atoms with Gasteiger partial charge in [0.1, 0.15) is 17.7 Å². The summed E-state index contributed by atoms with van der Waals surface area (Å²) in [6.07, 6.45) is -1.26. The number of nitrogens with two attached hydrogens (primary N) is 1. The summed E-state index contributed by atoms with van der Waals surface area (Å²) in [6.45, 7) is 0. The summed E-state index contributed by atoms with van der Waals surface area (Å²) in [5.41, 5.74) is 4.57. The average molecular weight is 286 g/mol. The van der Waals surface area contributed by atoms with Gasteiger partial charge in [-0.3, -0.25) is 0 Å². The van der Waals surface area contributed by atoms with Gasteiger partial charge in [-0.05, 0) is 18.2 Å². The summed E-state index contributed by atoms with van der Waals surface area (Å²) in [4.78, 5) is 14.4. The molecule has 1 aromatic carbocycles. The Morgan fingerprint density at radius 2 is 2.21 bits per heavy atom. The Hall–Kier alpha value is -2.06. The second-order valence-electron chi connectivity index (χ2n) is 3.52. The molecule has 0 aliphatic heterocycles. The van der Waals surface area contributed by atoms with Gasteiger partial charge in [0.15, 0.2) is 0 Å². The van der Waals surface area contributed by atoms with E-state index in [1.54, 1.807) is 0 Å². The number of aliphatic hydroxyl groups excluding tert-OH is 1. The van der Waals surface area contributed by atoms with Crippen LogP contribution in [0, 0.1) is 11.6 Å². The average Bonchev–Trinajstić information content (AvgIpc) is 2.79. The van der Waals surface area contributed by atoms with Gasteiger partial charge >= 0.3 is 6.09 Å². The predicted octanol–water partition coefficient (Wildman–Crippen LogP) is 1.96. The lowest BCUT2D eigenvalue weighted by Gasteiger charge is -2.09. The van der Waals surface area contributed by atoms with Crippen LogP contribution >= 0.6 is 11.3 Å². The van der Waals surface area contributed by atoms with Gasteiger partial charge in [0.25, 0.3) is 5.19 Å². The van der Waals surface area contributed by atoms with Gasteiger partial charge in [-0.1, -0.05) is 11.3 Å². The number of carbonyl (C=O) groups is 1. The minimum Gasteiger partial charge on any atom is -0.383 e. The summed E-state index contributed by atoms with van der Waals surface area (Å²) >= 11 is 0.805. The molecule has 19 heavy (non-hydrogen) atoms. The summed E-state index contributed by atoms with van der Waals surface area (Å²) in [5, 5.41) is 9.85. The normalized spacial score (nSPS) is 12.2. The Morgan fingerprint density at radius 1 is 1.47 bits per heavy atom. The number of aliphatic hydroxyl groups is 1.